The van der Waals surface area contributed by atoms with E-state index in [9.17, 15) is 4.79 Å². The Bertz CT molecular complexity index is 945. The van der Waals surface area contributed by atoms with E-state index in [1.165, 1.54) is 11.8 Å². The van der Waals surface area contributed by atoms with Gasteiger partial charge in [0.05, 0.1) is 12.9 Å². The fourth-order valence-corrected chi connectivity index (χ4v) is 3.01. The third-order valence-corrected chi connectivity index (χ3v) is 4.90. The average Bonchev–Trinajstić information content (AvgIpc) is 3.15. The molecular formula is C19H17ClN2O4S. The number of ketones is 1. The highest BCUT2D eigenvalue weighted by molar-refractivity contribution is 7.99. The molecule has 0 fully saturated rings. The maximum absolute atomic E-state index is 12.3. The lowest BCUT2D eigenvalue weighted by Crippen LogP contribution is -2.02. The van der Waals surface area contributed by atoms with E-state index in [1.807, 2.05) is 13.0 Å². The van der Waals surface area contributed by atoms with Gasteiger partial charge in [-0.1, -0.05) is 35.5 Å². The predicted octanol–water partition coefficient (Wildman–Crippen LogP) is 4.59. The summed E-state index contributed by atoms with van der Waals surface area (Å²) in [7, 11) is 1.56. The van der Waals surface area contributed by atoms with Crippen LogP contribution in [-0.2, 0) is 6.61 Å². The predicted molar refractivity (Wildman–Crippen MR) is 103 cm³/mol. The van der Waals surface area contributed by atoms with E-state index in [0.29, 0.717) is 33.2 Å². The molecule has 0 saturated carbocycles. The Hall–Kier alpha value is -2.51. The van der Waals surface area contributed by atoms with Gasteiger partial charge >= 0.3 is 0 Å². The minimum absolute atomic E-state index is 0.0495. The van der Waals surface area contributed by atoms with Crippen molar-refractivity contribution in [3.8, 4) is 11.5 Å². The molecular weight excluding hydrogens is 388 g/mol. The molecule has 3 rings (SSSR count). The van der Waals surface area contributed by atoms with Crippen LogP contribution in [0.4, 0.5) is 0 Å². The summed E-state index contributed by atoms with van der Waals surface area (Å²) < 4.78 is 16.2. The second-order valence-electron chi connectivity index (χ2n) is 5.61. The van der Waals surface area contributed by atoms with Gasteiger partial charge in [0.2, 0.25) is 0 Å². The Labute approximate surface area is 165 Å². The van der Waals surface area contributed by atoms with Crippen molar-refractivity contribution in [3.05, 3.63) is 64.5 Å². The number of halogens is 1. The number of rotatable bonds is 8. The molecule has 0 bridgehead atoms. The zero-order chi connectivity index (χ0) is 19.2. The molecule has 1 aromatic heterocycles. The van der Waals surface area contributed by atoms with Gasteiger partial charge in [-0.25, -0.2) is 0 Å². The van der Waals surface area contributed by atoms with Gasteiger partial charge in [-0.2, -0.15) is 0 Å². The van der Waals surface area contributed by atoms with Crippen LogP contribution in [0.5, 0.6) is 11.5 Å². The quantitative estimate of drug-likeness (QED) is 0.401. The summed E-state index contributed by atoms with van der Waals surface area (Å²) in [6.07, 6.45) is 0. The van der Waals surface area contributed by atoms with Gasteiger partial charge in [-0.3, -0.25) is 4.79 Å². The van der Waals surface area contributed by atoms with Crippen LogP contribution in [0.15, 0.2) is 52.1 Å². The fraction of sp³-hybridized carbons (Fsp3) is 0.211. The number of nitrogens with zero attached hydrogens (tertiary/aromatic N) is 2. The zero-order valence-corrected chi connectivity index (χ0v) is 16.3. The number of carbonyl (C=O) groups excluding carboxylic acids is 1. The number of ether oxygens (including phenoxy) is 2. The Morgan fingerprint density at radius 3 is 2.81 bits per heavy atom. The molecule has 0 radical (unpaired) electrons. The molecule has 0 atom stereocenters. The van der Waals surface area contributed by atoms with E-state index in [2.05, 4.69) is 10.2 Å². The number of hydrogen-bond donors (Lipinski definition) is 0. The van der Waals surface area contributed by atoms with Crippen molar-refractivity contribution >= 4 is 29.1 Å². The first-order chi connectivity index (χ1) is 13.0. The standard InChI is InChI=1S/C19H17ClN2O4S/c1-12-8-15(6-7-16(12)20)25-10-18-21-22-19(26-18)27-11-17(23)13-4-3-5-14(9-13)24-2/h3-9H,10-11H2,1-2H3. The van der Waals surface area contributed by atoms with Gasteiger partial charge in [0, 0.05) is 10.6 Å². The highest BCUT2D eigenvalue weighted by Gasteiger charge is 2.12. The molecule has 0 N–H and O–H groups in total. The van der Waals surface area contributed by atoms with E-state index in [0.717, 1.165) is 5.56 Å². The Kier molecular flexibility index (Phi) is 6.36. The number of aryl methyl sites for hydroxylation is 1. The van der Waals surface area contributed by atoms with Crippen LogP contribution in [0.3, 0.4) is 0 Å². The molecule has 0 aliphatic rings. The summed E-state index contributed by atoms with van der Waals surface area (Å²) in [5.74, 6) is 1.77. The highest BCUT2D eigenvalue weighted by atomic mass is 35.5. The monoisotopic (exact) mass is 404 g/mol. The molecule has 0 amide bonds. The molecule has 3 aromatic rings. The maximum atomic E-state index is 12.3. The topological polar surface area (TPSA) is 74.5 Å². The molecule has 0 aliphatic heterocycles. The van der Waals surface area contributed by atoms with E-state index >= 15 is 0 Å². The van der Waals surface area contributed by atoms with Gasteiger partial charge in [0.1, 0.15) is 11.5 Å². The highest BCUT2D eigenvalue weighted by Crippen LogP contribution is 2.23. The molecule has 0 saturated heterocycles. The number of methoxy groups -OCH3 is 1. The molecule has 0 spiro atoms. The molecule has 0 aliphatic carbocycles. The first kappa shape index (κ1) is 19.3. The smallest absolute Gasteiger partial charge is 0.277 e. The zero-order valence-electron chi connectivity index (χ0n) is 14.8. The van der Waals surface area contributed by atoms with Crippen LogP contribution in [0, 0.1) is 6.92 Å². The summed E-state index contributed by atoms with van der Waals surface area (Å²) in [6.45, 7) is 2.04. The van der Waals surface area contributed by atoms with Gasteiger partial charge < -0.3 is 13.9 Å². The minimum atomic E-state index is -0.0495. The second-order valence-corrected chi connectivity index (χ2v) is 6.94. The van der Waals surface area contributed by atoms with E-state index in [4.69, 9.17) is 25.5 Å². The molecule has 27 heavy (non-hydrogen) atoms. The van der Waals surface area contributed by atoms with E-state index < -0.39 is 0 Å². The Balaban J connectivity index is 1.53. The summed E-state index contributed by atoms with van der Waals surface area (Å²) in [6, 6.07) is 12.4. The number of Topliss-reactive ketones (excluding diaryl/α,β-unsaturated/α-hetero) is 1. The first-order valence-electron chi connectivity index (χ1n) is 8.06. The van der Waals surface area contributed by atoms with Crippen LogP contribution in [0.25, 0.3) is 0 Å². The summed E-state index contributed by atoms with van der Waals surface area (Å²) in [4.78, 5) is 12.3. The normalized spacial score (nSPS) is 10.6. The van der Waals surface area contributed by atoms with Crippen LogP contribution < -0.4 is 9.47 Å². The number of benzene rings is 2. The second kappa shape index (κ2) is 8.92. The number of carbonyl (C=O) groups is 1. The lowest BCUT2D eigenvalue weighted by atomic mass is 10.1. The van der Waals surface area contributed by atoms with Crippen molar-refractivity contribution in [1.29, 1.82) is 0 Å². The summed E-state index contributed by atoms with van der Waals surface area (Å²) in [5.41, 5.74) is 1.50. The fourth-order valence-electron chi connectivity index (χ4n) is 2.21. The SMILES string of the molecule is COc1cccc(C(=O)CSc2nnc(COc3ccc(Cl)c(C)c3)o2)c1. The number of hydrogen-bond acceptors (Lipinski definition) is 7. The number of thioether (sulfide) groups is 1. The van der Waals surface area contributed by atoms with Gasteiger partial charge in [0.15, 0.2) is 12.4 Å². The van der Waals surface area contributed by atoms with Crippen LogP contribution in [-0.4, -0.2) is 28.8 Å². The maximum Gasteiger partial charge on any atom is 0.277 e. The van der Waals surface area contributed by atoms with Crippen LogP contribution in [0.2, 0.25) is 5.02 Å². The van der Waals surface area contributed by atoms with Crippen molar-refractivity contribution in [3.63, 3.8) is 0 Å². The molecule has 1 heterocycles. The van der Waals surface area contributed by atoms with Gasteiger partial charge in [-0.05, 0) is 42.8 Å². The van der Waals surface area contributed by atoms with Gasteiger partial charge in [-0.15, -0.1) is 10.2 Å². The van der Waals surface area contributed by atoms with Crippen LogP contribution >= 0.6 is 23.4 Å². The van der Waals surface area contributed by atoms with Crippen molar-refractivity contribution < 1.29 is 18.7 Å². The molecule has 8 heteroatoms. The number of aromatic nitrogens is 2. The lowest BCUT2D eigenvalue weighted by molar-refractivity contribution is 0.102. The lowest BCUT2D eigenvalue weighted by Gasteiger charge is -2.05. The third-order valence-electron chi connectivity index (χ3n) is 3.66. The van der Waals surface area contributed by atoms with Crippen molar-refractivity contribution in [2.24, 2.45) is 0 Å². The van der Waals surface area contributed by atoms with Crippen molar-refractivity contribution in [2.75, 3.05) is 12.9 Å². The third kappa shape index (κ3) is 5.24. The largest absolute Gasteiger partial charge is 0.497 e. The van der Waals surface area contributed by atoms with Crippen molar-refractivity contribution in [2.45, 2.75) is 18.8 Å². The van der Waals surface area contributed by atoms with Gasteiger partial charge in [0.25, 0.3) is 11.1 Å². The Morgan fingerprint density at radius 2 is 2.04 bits per heavy atom. The first-order valence-corrected chi connectivity index (χ1v) is 9.43. The van der Waals surface area contributed by atoms with Crippen molar-refractivity contribution in [1.82, 2.24) is 10.2 Å². The minimum Gasteiger partial charge on any atom is -0.497 e. The van der Waals surface area contributed by atoms with Crippen LogP contribution in [0.1, 0.15) is 21.8 Å². The summed E-state index contributed by atoms with van der Waals surface area (Å²) >= 11 is 7.17. The Morgan fingerprint density at radius 1 is 1.19 bits per heavy atom. The average molecular weight is 405 g/mol. The molecule has 140 valence electrons. The molecule has 0 unspecified atom stereocenters. The van der Waals surface area contributed by atoms with E-state index in [-0.39, 0.29) is 18.1 Å². The molecule has 2 aromatic carbocycles. The van der Waals surface area contributed by atoms with E-state index in [1.54, 1.807) is 43.5 Å². The molecule has 6 nitrogen and oxygen atoms in total. The summed E-state index contributed by atoms with van der Waals surface area (Å²) in [5, 5.41) is 8.85.